The number of aromatic nitrogens is 1. The Morgan fingerprint density at radius 2 is 1.70 bits per heavy atom. The number of esters is 1. The van der Waals surface area contributed by atoms with Crippen molar-refractivity contribution in [3.8, 4) is 11.1 Å². The van der Waals surface area contributed by atoms with Crippen molar-refractivity contribution in [3.05, 3.63) is 99.8 Å². The molecule has 1 atom stereocenters. The molecule has 37 heavy (non-hydrogen) atoms. The normalized spacial score (nSPS) is 16.5. The molecule has 5 rings (SSSR count). The number of halogens is 3. The Morgan fingerprint density at radius 3 is 2.43 bits per heavy atom. The van der Waals surface area contributed by atoms with Gasteiger partial charge in [-0.05, 0) is 46.0 Å². The molecule has 0 saturated carbocycles. The molecular formula is C27H20F3NO5S. The van der Waals surface area contributed by atoms with Gasteiger partial charge in [0.15, 0.2) is 9.84 Å². The second kappa shape index (κ2) is 8.88. The summed E-state index contributed by atoms with van der Waals surface area (Å²) >= 11 is 0. The summed E-state index contributed by atoms with van der Waals surface area (Å²) in [6.07, 6.45) is -4.59. The first-order valence-electron chi connectivity index (χ1n) is 11.2. The van der Waals surface area contributed by atoms with Gasteiger partial charge in [0.2, 0.25) is 0 Å². The second-order valence-electron chi connectivity index (χ2n) is 8.77. The highest BCUT2D eigenvalue weighted by Crippen LogP contribution is 2.40. The first-order valence-corrected chi connectivity index (χ1v) is 12.9. The van der Waals surface area contributed by atoms with Crippen molar-refractivity contribution < 1.29 is 31.1 Å². The topological polar surface area (TPSA) is 82.4 Å². The summed E-state index contributed by atoms with van der Waals surface area (Å²) in [5.41, 5.74) is -0.784. The van der Waals surface area contributed by atoms with Crippen molar-refractivity contribution in [2.24, 2.45) is 0 Å². The van der Waals surface area contributed by atoms with Crippen LogP contribution in [0.15, 0.2) is 82.6 Å². The van der Waals surface area contributed by atoms with Crippen LogP contribution in [0.1, 0.15) is 22.7 Å². The molecular weight excluding hydrogens is 507 g/mol. The summed E-state index contributed by atoms with van der Waals surface area (Å²) in [5.74, 6) is -1.65. The van der Waals surface area contributed by atoms with E-state index < -0.39 is 49.9 Å². The lowest BCUT2D eigenvalue weighted by molar-refractivity contribution is -0.144. The zero-order valence-electron chi connectivity index (χ0n) is 19.5. The Kier molecular flexibility index (Phi) is 5.94. The molecule has 0 saturated heterocycles. The van der Waals surface area contributed by atoms with E-state index in [1.165, 1.54) is 18.2 Å². The molecule has 3 aromatic carbocycles. The largest absolute Gasteiger partial charge is 0.467 e. The Morgan fingerprint density at radius 1 is 1.00 bits per heavy atom. The van der Waals surface area contributed by atoms with Crippen LogP contribution in [0.2, 0.25) is 0 Å². The van der Waals surface area contributed by atoms with Gasteiger partial charge >= 0.3 is 12.1 Å². The van der Waals surface area contributed by atoms with Gasteiger partial charge in [-0.15, -0.1) is 0 Å². The van der Waals surface area contributed by atoms with Gasteiger partial charge in [-0.3, -0.25) is 9.36 Å². The molecule has 1 aliphatic heterocycles. The van der Waals surface area contributed by atoms with Crippen LogP contribution >= 0.6 is 0 Å². The third-order valence-electron chi connectivity index (χ3n) is 6.49. The first-order chi connectivity index (χ1) is 17.5. The molecule has 1 aliphatic rings. The molecule has 6 nitrogen and oxygen atoms in total. The van der Waals surface area contributed by atoms with Crippen molar-refractivity contribution in [1.82, 2.24) is 4.57 Å². The molecule has 10 heteroatoms. The van der Waals surface area contributed by atoms with Crippen LogP contribution in [0.3, 0.4) is 0 Å². The maximum absolute atomic E-state index is 13.6. The Hall–Kier alpha value is -3.92. The van der Waals surface area contributed by atoms with E-state index in [0.717, 1.165) is 40.1 Å². The smallest absolute Gasteiger partial charge is 0.416 e. The number of carbonyl (C=O) groups is 1. The van der Waals surface area contributed by atoms with E-state index >= 15 is 0 Å². The number of hydrogen-bond acceptors (Lipinski definition) is 5. The fourth-order valence-corrected chi connectivity index (χ4v) is 6.81. The lowest BCUT2D eigenvalue weighted by Crippen LogP contribution is -2.30. The second-order valence-corrected chi connectivity index (χ2v) is 10.7. The Labute approximate surface area is 209 Å². The van der Waals surface area contributed by atoms with E-state index in [1.807, 2.05) is 42.5 Å². The number of ether oxygens (including phenoxy) is 1. The minimum absolute atomic E-state index is 0.0251. The van der Waals surface area contributed by atoms with Crippen LogP contribution in [-0.2, 0) is 32.0 Å². The molecule has 0 radical (unpaired) electrons. The molecule has 2 heterocycles. The number of nitrogens with zero attached hydrogens (tertiary/aromatic N) is 1. The highest BCUT2D eigenvalue weighted by atomic mass is 32.2. The van der Waals surface area contributed by atoms with Gasteiger partial charge in [0.1, 0.15) is 11.1 Å². The van der Waals surface area contributed by atoms with Crippen molar-refractivity contribution in [2.45, 2.75) is 23.7 Å². The predicted molar refractivity (Wildman–Crippen MR) is 131 cm³/mol. The number of fused-ring (bicyclic) bond motifs is 2. The van der Waals surface area contributed by atoms with Crippen molar-refractivity contribution in [1.29, 1.82) is 0 Å². The minimum Gasteiger partial charge on any atom is -0.467 e. The van der Waals surface area contributed by atoms with Gasteiger partial charge in [-0.1, -0.05) is 54.6 Å². The van der Waals surface area contributed by atoms with Crippen molar-refractivity contribution >= 4 is 26.6 Å². The number of rotatable bonds is 4. The summed E-state index contributed by atoms with van der Waals surface area (Å²) < 4.78 is 72.9. The summed E-state index contributed by atoms with van der Waals surface area (Å²) in [6, 6.07) is 17.0. The van der Waals surface area contributed by atoms with E-state index in [9.17, 15) is 31.2 Å². The third-order valence-corrected chi connectivity index (χ3v) is 8.23. The summed E-state index contributed by atoms with van der Waals surface area (Å²) in [4.78, 5) is 25.6. The highest BCUT2D eigenvalue weighted by Gasteiger charge is 2.43. The maximum atomic E-state index is 13.6. The SMILES string of the molecule is COC(=O)C1CS(=O)(=O)c2c(-c3cccc(C(F)(F)F)c3)c(Cc3cccc4ccccc34)cc(=O)n21. The average molecular weight is 528 g/mol. The van der Waals surface area contributed by atoms with Crippen LogP contribution in [0, 0.1) is 0 Å². The molecule has 0 spiro atoms. The summed E-state index contributed by atoms with van der Waals surface area (Å²) in [5, 5.41) is 1.29. The molecule has 0 N–H and O–H groups in total. The number of alkyl halides is 3. The van der Waals surface area contributed by atoms with E-state index in [1.54, 1.807) is 0 Å². The van der Waals surface area contributed by atoms with Gasteiger partial charge < -0.3 is 4.74 Å². The number of benzene rings is 3. The van der Waals surface area contributed by atoms with Crippen LogP contribution < -0.4 is 5.56 Å². The fourth-order valence-electron chi connectivity index (χ4n) is 4.87. The standard InChI is InChI=1S/C27H20F3NO5S/c1-36-26(33)22-15-37(34,35)25-24(18-9-5-10-20(13-18)27(28,29)30)19(14-23(32)31(22)25)12-17-8-4-7-16-6-2-3-11-21(16)17/h2-11,13-14,22H,12,15H2,1H3. The molecule has 1 aromatic heterocycles. The average Bonchev–Trinajstić information content (AvgIpc) is 3.15. The molecule has 190 valence electrons. The summed E-state index contributed by atoms with van der Waals surface area (Å²) in [7, 11) is -3.17. The van der Waals surface area contributed by atoms with Crippen LogP contribution in [-0.4, -0.2) is 31.8 Å². The fraction of sp³-hybridized carbons (Fsp3) is 0.185. The van der Waals surface area contributed by atoms with E-state index in [0.29, 0.717) is 0 Å². The number of pyridine rings is 1. The molecule has 4 aromatic rings. The molecule has 0 aliphatic carbocycles. The van der Waals surface area contributed by atoms with E-state index in [4.69, 9.17) is 4.74 Å². The zero-order chi connectivity index (χ0) is 26.5. The van der Waals surface area contributed by atoms with Crippen molar-refractivity contribution in [2.75, 3.05) is 12.9 Å². The van der Waals surface area contributed by atoms with Gasteiger partial charge in [0, 0.05) is 11.6 Å². The molecule has 0 fully saturated rings. The monoisotopic (exact) mass is 527 g/mol. The maximum Gasteiger partial charge on any atom is 0.416 e. The van der Waals surface area contributed by atoms with Gasteiger partial charge in [0.25, 0.3) is 5.56 Å². The summed E-state index contributed by atoms with van der Waals surface area (Å²) in [6.45, 7) is 0. The third kappa shape index (κ3) is 4.31. The van der Waals surface area contributed by atoms with E-state index in [2.05, 4.69) is 0 Å². The lowest BCUT2D eigenvalue weighted by atomic mass is 9.93. The lowest BCUT2D eigenvalue weighted by Gasteiger charge is -2.18. The van der Waals surface area contributed by atoms with Crippen LogP contribution in [0.4, 0.5) is 13.2 Å². The number of hydrogen-bond donors (Lipinski definition) is 0. The van der Waals surface area contributed by atoms with Gasteiger partial charge in [-0.25, -0.2) is 13.2 Å². The highest BCUT2D eigenvalue weighted by molar-refractivity contribution is 7.91. The Balaban J connectivity index is 1.83. The van der Waals surface area contributed by atoms with E-state index in [-0.39, 0.29) is 23.1 Å². The predicted octanol–water partition coefficient (Wildman–Crippen LogP) is 4.78. The van der Waals surface area contributed by atoms with Crippen molar-refractivity contribution in [3.63, 3.8) is 0 Å². The molecule has 1 unspecified atom stereocenters. The first kappa shape index (κ1) is 24.8. The minimum atomic E-state index is -4.67. The van der Waals surface area contributed by atoms with Gasteiger partial charge in [-0.2, -0.15) is 13.2 Å². The number of sulfone groups is 1. The van der Waals surface area contributed by atoms with Gasteiger partial charge in [0.05, 0.1) is 18.4 Å². The number of carbonyl (C=O) groups excluding carboxylic acids is 1. The molecule has 0 bridgehead atoms. The molecule has 0 amide bonds. The number of methoxy groups -OCH3 is 1. The van der Waals surface area contributed by atoms with Crippen LogP contribution in [0.5, 0.6) is 0 Å². The quantitative estimate of drug-likeness (QED) is 0.357. The van der Waals surface area contributed by atoms with Crippen LogP contribution in [0.25, 0.3) is 21.9 Å². The zero-order valence-corrected chi connectivity index (χ0v) is 20.3. The Bertz CT molecular complexity index is 1720.